The first kappa shape index (κ1) is 33.0. The lowest BCUT2D eigenvalue weighted by Gasteiger charge is -2.08. The Bertz CT molecular complexity index is 1530. The van der Waals surface area contributed by atoms with Crippen LogP contribution in [0.3, 0.4) is 0 Å². The van der Waals surface area contributed by atoms with E-state index in [9.17, 15) is 44.3 Å². The smallest absolute Gasteiger partial charge is 0.475 e. The molecule has 42 heavy (non-hydrogen) atoms. The lowest BCUT2D eigenvalue weighted by atomic mass is 10.1. The number of carboxylic acids is 2. The summed E-state index contributed by atoms with van der Waals surface area (Å²) >= 11 is 0. The van der Waals surface area contributed by atoms with Crippen LogP contribution in [-0.4, -0.2) is 59.8 Å². The number of carbonyl (C=O) groups excluding carboxylic acids is 1. The second-order valence-corrected chi connectivity index (χ2v) is 7.47. The molecule has 0 spiro atoms. The number of halogens is 9. The molecule has 4 rings (SSSR count). The Hall–Kier alpha value is -5.23. The van der Waals surface area contributed by atoms with Gasteiger partial charge in [0.05, 0.1) is 11.1 Å². The lowest BCUT2D eigenvalue weighted by molar-refractivity contribution is -0.193. The number of anilines is 1. The van der Waals surface area contributed by atoms with E-state index in [2.05, 4.69) is 20.3 Å². The van der Waals surface area contributed by atoms with Crippen molar-refractivity contribution in [3.63, 3.8) is 0 Å². The Balaban J connectivity index is 0.000000367. The summed E-state index contributed by atoms with van der Waals surface area (Å²) in [5, 5.41) is 16.9. The van der Waals surface area contributed by atoms with E-state index in [0.717, 1.165) is 12.1 Å². The molecule has 0 saturated heterocycles. The third kappa shape index (κ3) is 9.17. The second-order valence-electron chi connectivity index (χ2n) is 7.47. The highest BCUT2D eigenvalue weighted by molar-refractivity contribution is 6.07. The van der Waals surface area contributed by atoms with Crippen molar-refractivity contribution in [1.29, 1.82) is 0 Å². The van der Waals surface area contributed by atoms with E-state index >= 15 is 0 Å². The minimum Gasteiger partial charge on any atom is -0.475 e. The van der Waals surface area contributed by atoms with Gasteiger partial charge in [-0.05, 0) is 30.3 Å². The van der Waals surface area contributed by atoms with E-state index in [1.807, 2.05) is 0 Å². The quantitative estimate of drug-likeness (QED) is 0.264. The van der Waals surface area contributed by atoms with Crippen LogP contribution in [0, 0.1) is 0 Å². The van der Waals surface area contributed by atoms with Gasteiger partial charge in [0.15, 0.2) is 5.69 Å². The summed E-state index contributed by atoms with van der Waals surface area (Å²) in [4.78, 5) is 42.5. The molecule has 1 amide bonds. The van der Waals surface area contributed by atoms with Crippen molar-refractivity contribution >= 4 is 29.2 Å². The molecule has 4 aromatic rings. The fourth-order valence-electron chi connectivity index (χ4n) is 2.78. The van der Waals surface area contributed by atoms with Gasteiger partial charge in [-0.3, -0.25) is 9.20 Å². The molecule has 0 aliphatic rings. The maximum absolute atomic E-state index is 13.1. The van der Waals surface area contributed by atoms with Crippen molar-refractivity contribution in [3.8, 4) is 11.4 Å². The molecule has 3 heterocycles. The largest absolute Gasteiger partial charge is 0.490 e. The zero-order chi connectivity index (χ0) is 31.9. The number of rotatable bonds is 3. The Morgan fingerprint density at radius 3 is 1.90 bits per heavy atom. The molecule has 19 heteroatoms. The van der Waals surface area contributed by atoms with E-state index in [4.69, 9.17) is 19.8 Å². The molecule has 1 aromatic carbocycles. The van der Waals surface area contributed by atoms with E-state index in [1.54, 1.807) is 28.8 Å². The summed E-state index contributed by atoms with van der Waals surface area (Å²) in [6, 6.07) is 11.4. The third-order valence-electron chi connectivity index (χ3n) is 4.52. The summed E-state index contributed by atoms with van der Waals surface area (Å²) in [5.74, 6) is -5.52. The van der Waals surface area contributed by atoms with Crippen LogP contribution in [0.15, 0.2) is 67.3 Å². The minimum absolute atomic E-state index is 0.0756. The number of amides is 1. The van der Waals surface area contributed by atoms with Gasteiger partial charge in [-0.2, -0.15) is 39.5 Å². The zero-order valence-electron chi connectivity index (χ0n) is 20.2. The molecule has 0 aliphatic carbocycles. The molecule has 3 aromatic heterocycles. The van der Waals surface area contributed by atoms with E-state index in [-0.39, 0.29) is 22.9 Å². The van der Waals surface area contributed by atoms with Gasteiger partial charge in [0.1, 0.15) is 18.0 Å². The average molecular weight is 611 g/mol. The molecule has 3 N–H and O–H groups in total. The Morgan fingerprint density at radius 1 is 0.810 bits per heavy atom. The van der Waals surface area contributed by atoms with Crippen LogP contribution >= 0.6 is 0 Å². The monoisotopic (exact) mass is 611 g/mol. The molecule has 0 aliphatic heterocycles. The molecule has 0 unspecified atom stereocenters. The highest BCUT2D eigenvalue weighted by Gasteiger charge is 2.39. The average Bonchev–Trinajstić information content (AvgIpc) is 3.28. The fourth-order valence-corrected chi connectivity index (χ4v) is 2.78. The molecular weight excluding hydrogens is 597 g/mol. The van der Waals surface area contributed by atoms with Crippen LogP contribution in [0.5, 0.6) is 0 Å². The van der Waals surface area contributed by atoms with Crippen molar-refractivity contribution < 1.29 is 64.1 Å². The van der Waals surface area contributed by atoms with Gasteiger partial charge in [-0.15, -0.1) is 0 Å². The number of alkyl halides is 9. The maximum Gasteiger partial charge on any atom is 0.490 e. The van der Waals surface area contributed by atoms with Crippen LogP contribution in [0.25, 0.3) is 16.9 Å². The normalized spacial score (nSPS) is 11.5. The Morgan fingerprint density at radius 2 is 1.40 bits per heavy atom. The van der Waals surface area contributed by atoms with Crippen molar-refractivity contribution in [3.05, 3.63) is 78.5 Å². The number of pyridine rings is 1. The molecule has 10 nitrogen and oxygen atoms in total. The van der Waals surface area contributed by atoms with Crippen molar-refractivity contribution in [2.24, 2.45) is 0 Å². The van der Waals surface area contributed by atoms with Gasteiger partial charge in [0.25, 0.3) is 5.91 Å². The van der Waals surface area contributed by atoms with Crippen LogP contribution in [0.4, 0.5) is 45.3 Å². The Kier molecular flexibility index (Phi) is 10.2. The summed E-state index contributed by atoms with van der Waals surface area (Å²) < 4.78 is 104. The van der Waals surface area contributed by atoms with Gasteiger partial charge < -0.3 is 15.5 Å². The molecule has 0 radical (unpaired) electrons. The molecule has 0 atom stereocenters. The lowest BCUT2D eigenvalue weighted by Crippen LogP contribution is -2.21. The van der Waals surface area contributed by atoms with Crippen LogP contribution in [0.2, 0.25) is 0 Å². The van der Waals surface area contributed by atoms with Crippen molar-refractivity contribution in [2.75, 3.05) is 5.32 Å². The molecule has 224 valence electrons. The topological polar surface area (TPSA) is 147 Å². The number of aromatic nitrogens is 4. The number of carboxylic acid groups (broad SMARTS) is 2. The van der Waals surface area contributed by atoms with E-state index < -0.39 is 41.9 Å². The van der Waals surface area contributed by atoms with Gasteiger partial charge in [-0.1, -0.05) is 18.2 Å². The van der Waals surface area contributed by atoms with Gasteiger partial charge in [-0.25, -0.2) is 24.5 Å². The first-order valence-corrected chi connectivity index (χ1v) is 10.6. The third-order valence-corrected chi connectivity index (χ3v) is 4.52. The number of hydrogen-bond acceptors (Lipinski definition) is 6. The molecule has 0 bridgehead atoms. The molecule has 0 fully saturated rings. The van der Waals surface area contributed by atoms with Crippen LogP contribution < -0.4 is 5.32 Å². The molecule has 0 saturated carbocycles. The number of fused-ring (bicyclic) bond motifs is 1. The number of imidazole rings is 1. The highest BCUT2D eigenvalue weighted by atomic mass is 19.4. The van der Waals surface area contributed by atoms with Crippen LogP contribution in [0.1, 0.15) is 16.1 Å². The first-order chi connectivity index (χ1) is 19.3. The summed E-state index contributed by atoms with van der Waals surface area (Å²) in [5.41, 5.74) is -0.00475. The summed E-state index contributed by atoms with van der Waals surface area (Å²) in [6.45, 7) is 0. The summed E-state index contributed by atoms with van der Waals surface area (Å²) in [6.07, 6.45) is -10.2. The maximum atomic E-state index is 13.1. The van der Waals surface area contributed by atoms with Crippen molar-refractivity contribution in [1.82, 2.24) is 19.4 Å². The number of benzene rings is 1. The highest BCUT2D eigenvalue weighted by Crippen LogP contribution is 2.32. The summed E-state index contributed by atoms with van der Waals surface area (Å²) in [7, 11) is 0. The zero-order valence-corrected chi connectivity index (χ0v) is 20.2. The van der Waals surface area contributed by atoms with Gasteiger partial charge in [0, 0.05) is 18.0 Å². The number of nitrogens with zero attached hydrogens (tertiary/aromatic N) is 4. The van der Waals surface area contributed by atoms with Gasteiger partial charge >= 0.3 is 30.5 Å². The first-order valence-electron chi connectivity index (χ1n) is 10.6. The second kappa shape index (κ2) is 13.0. The fraction of sp³-hybridized carbons (Fsp3) is 0.130. The van der Waals surface area contributed by atoms with E-state index in [0.29, 0.717) is 5.52 Å². The van der Waals surface area contributed by atoms with Crippen molar-refractivity contribution in [2.45, 2.75) is 18.5 Å². The predicted octanol–water partition coefficient (Wildman–Crippen LogP) is 5.33. The number of hydrogen-bond donors (Lipinski definition) is 3. The minimum atomic E-state index is -5.08. The van der Waals surface area contributed by atoms with Gasteiger partial charge in [0.2, 0.25) is 0 Å². The predicted molar refractivity (Wildman–Crippen MR) is 123 cm³/mol. The number of nitrogens with one attached hydrogen (secondary N) is 1. The Labute approximate surface area is 227 Å². The standard InChI is InChI=1S/C19H12F3N5O.2C2HF3O2/c20-19(21,22)13-5-3-4-12(10-13)17-26-16(14-6-1-2-9-27(14)17)18(28)25-15-7-8-23-11-24-15;2*3-2(4,5)1(6)7/h1-11H,(H,23,24,25,28);2*(H,6,7). The number of carbonyl (C=O) groups is 3. The molecular formula is C23H14F9N5O5. The van der Waals surface area contributed by atoms with E-state index in [1.165, 1.54) is 30.7 Å². The SMILES string of the molecule is O=C(Nc1ccncn1)c1nc(-c2cccc(C(F)(F)F)c2)n2ccccc12.O=C(O)C(F)(F)F.O=C(O)C(F)(F)F. The number of aliphatic carboxylic acids is 2. The van der Waals surface area contributed by atoms with Crippen LogP contribution in [-0.2, 0) is 15.8 Å².